The molecule has 0 bridgehead atoms. The molecule has 0 fully saturated rings. The predicted molar refractivity (Wildman–Crippen MR) is 178 cm³/mol. The number of hydrogen-bond acceptors (Lipinski definition) is 6. The van der Waals surface area contributed by atoms with E-state index in [0.29, 0.717) is 32.2 Å². The minimum absolute atomic E-state index is 0.0463. The maximum absolute atomic E-state index is 9.07. The summed E-state index contributed by atoms with van der Waals surface area (Å²) in [7, 11) is 1.57. The van der Waals surface area contributed by atoms with Crippen molar-refractivity contribution in [2.24, 2.45) is 0 Å². The van der Waals surface area contributed by atoms with Crippen LogP contribution in [0.1, 0.15) is 22.3 Å². The molecular formula is C29H33BrCl4N4O2. The predicted octanol–water partition coefficient (Wildman–Crippen LogP) is 9.40. The lowest BCUT2D eigenvalue weighted by molar-refractivity contribution is 0.417. The second-order valence-corrected chi connectivity index (χ2v) is 11.2. The molecule has 0 amide bonds. The molecule has 0 aliphatic rings. The van der Waals surface area contributed by atoms with Crippen molar-refractivity contribution in [2.75, 3.05) is 30.0 Å². The second-order valence-electron chi connectivity index (χ2n) is 8.61. The Morgan fingerprint density at radius 3 is 1.50 bits per heavy atom. The first-order valence-corrected chi connectivity index (χ1v) is 13.9. The number of anilines is 4. The zero-order valence-corrected chi connectivity index (χ0v) is 27.4. The molecule has 0 aliphatic heterocycles. The third-order valence-corrected chi connectivity index (χ3v) is 6.94. The molecule has 0 atom stereocenters. The first kappa shape index (κ1) is 35.3. The van der Waals surface area contributed by atoms with Gasteiger partial charge >= 0.3 is 0 Å². The number of phenols is 1. The number of aromatic hydroxyl groups is 1. The minimum Gasteiger partial charge on any atom is -0.506 e. The molecule has 0 spiro atoms. The molecule has 4 aromatic rings. The van der Waals surface area contributed by atoms with Gasteiger partial charge < -0.3 is 32.8 Å². The van der Waals surface area contributed by atoms with E-state index < -0.39 is 0 Å². The molecule has 4 rings (SSSR count). The van der Waals surface area contributed by atoms with Crippen molar-refractivity contribution < 1.29 is 9.84 Å². The Bertz CT molecular complexity index is 1350. The number of rotatable bonds is 1. The lowest BCUT2D eigenvalue weighted by Gasteiger charge is -2.06. The van der Waals surface area contributed by atoms with Crippen LogP contribution in [0.25, 0.3) is 0 Å². The van der Waals surface area contributed by atoms with Crippen LogP contribution in [-0.2, 0) is 0 Å². The molecule has 0 heterocycles. The van der Waals surface area contributed by atoms with E-state index in [0.717, 1.165) is 43.1 Å². The minimum atomic E-state index is 0.0463. The maximum atomic E-state index is 9.07. The number of halogens is 5. The number of ether oxygens (including phenoxy) is 1. The van der Waals surface area contributed by atoms with Crippen molar-refractivity contribution >= 4 is 85.1 Å². The van der Waals surface area contributed by atoms with Gasteiger partial charge in [0.15, 0.2) is 0 Å². The van der Waals surface area contributed by atoms with Crippen LogP contribution < -0.4 is 27.7 Å². The van der Waals surface area contributed by atoms with E-state index in [2.05, 4.69) is 15.9 Å². The van der Waals surface area contributed by atoms with Crippen LogP contribution in [0.4, 0.5) is 22.7 Å². The van der Waals surface area contributed by atoms with Gasteiger partial charge in [0.25, 0.3) is 0 Å². The van der Waals surface area contributed by atoms with Gasteiger partial charge in [-0.2, -0.15) is 0 Å². The lowest BCUT2D eigenvalue weighted by atomic mass is 10.2. The van der Waals surface area contributed by atoms with E-state index in [1.165, 1.54) is 6.07 Å². The van der Waals surface area contributed by atoms with Gasteiger partial charge in [0.2, 0.25) is 0 Å². The Kier molecular flexibility index (Phi) is 14.6. The van der Waals surface area contributed by atoms with Crippen molar-refractivity contribution in [2.45, 2.75) is 27.7 Å². The third-order valence-electron chi connectivity index (χ3n) is 5.40. The summed E-state index contributed by atoms with van der Waals surface area (Å²) in [4.78, 5) is 0. The molecule has 4 aromatic carbocycles. The van der Waals surface area contributed by atoms with Crippen molar-refractivity contribution in [1.82, 2.24) is 0 Å². The summed E-state index contributed by atoms with van der Waals surface area (Å²) in [5.74, 6) is 0.681. The van der Waals surface area contributed by atoms with Crippen LogP contribution >= 0.6 is 62.3 Å². The largest absolute Gasteiger partial charge is 0.506 e. The van der Waals surface area contributed by atoms with E-state index in [4.69, 9.17) is 79.2 Å². The number of nitrogen functional groups attached to an aromatic ring is 4. The normalized spacial score (nSPS) is 9.75. The highest BCUT2D eigenvalue weighted by molar-refractivity contribution is 9.10. The standard InChI is InChI=1S/C8H10ClNO.C7H7BrClN.C7H8ClNO.C7H8ClN/c1-5-3-6(9)4-7(11-2)8(5)10;1-4-2-5(9)3-6(8)7(4)10;1-4-2-5(8)3-6(10)7(4)9;1-5-4-6(8)2-3-7(5)9/h3-4H,10H2,1-2H3;2-3H,10H2,1H3;2-3,10H,9H2,1H3;2-4H,9H2,1H3. The lowest BCUT2D eigenvalue weighted by Crippen LogP contribution is -1.94. The van der Waals surface area contributed by atoms with E-state index in [1.54, 1.807) is 50.4 Å². The fourth-order valence-electron chi connectivity index (χ4n) is 2.98. The van der Waals surface area contributed by atoms with Crippen molar-refractivity contribution in [1.29, 1.82) is 0 Å². The van der Waals surface area contributed by atoms with Crippen LogP contribution in [-0.4, -0.2) is 12.2 Å². The molecular weight excluding hydrogens is 658 g/mol. The molecule has 0 aromatic heterocycles. The van der Waals surface area contributed by atoms with Crippen molar-refractivity contribution in [3.8, 4) is 11.5 Å². The Balaban J connectivity index is 0.000000267. The van der Waals surface area contributed by atoms with Gasteiger partial charge in [0.1, 0.15) is 11.5 Å². The van der Waals surface area contributed by atoms with Gasteiger partial charge in [0.05, 0.1) is 18.5 Å². The van der Waals surface area contributed by atoms with Crippen LogP contribution in [0.3, 0.4) is 0 Å². The number of aryl methyl sites for hydroxylation is 4. The van der Waals surface area contributed by atoms with E-state index in [-0.39, 0.29) is 5.75 Å². The first-order valence-electron chi connectivity index (χ1n) is 11.6. The average molecular weight is 691 g/mol. The summed E-state index contributed by atoms with van der Waals surface area (Å²) < 4.78 is 5.86. The van der Waals surface area contributed by atoms with E-state index in [1.807, 2.05) is 32.9 Å². The fraction of sp³-hybridized carbons (Fsp3) is 0.172. The molecule has 40 heavy (non-hydrogen) atoms. The third kappa shape index (κ3) is 11.4. The fourth-order valence-corrected chi connectivity index (χ4v) is 4.70. The molecule has 11 heteroatoms. The highest BCUT2D eigenvalue weighted by atomic mass is 79.9. The maximum Gasteiger partial charge on any atom is 0.143 e. The summed E-state index contributed by atoms with van der Waals surface area (Å²) >= 11 is 26.1. The number of hydrogen-bond donors (Lipinski definition) is 5. The van der Waals surface area contributed by atoms with Gasteiger partial charge in [-0.1, -0.05) is 46.4 Å². The molecule has 0 aliphatic carbocycles. The Labute approximate surface area is 264 Å². The van der Waals surface area contributed by atoms with Gasteiger partial charge in [-0.3, -0.25) is 0 Å². The molecule has 9 N–H and O–H groups in total. The Morgan fingerprint density at radius 2 is 1.05 bits per heavy atom. The van der Waals surface area contributed by atoms with Gasteiger partial charge in [-0.25, -0.2) is 0 Å². The molecule has 6 nitrogen and oxygen atoms in total. The molecule has 0 unspecified atom stereocenters. The Hall–Kier alpha value is -2.68. The van der Waals surface area contributed by atoms with Crippen LogP contribution in [0.15, 0.2) is 59.1 Å². The monoisotopic (exact) mass is 688 g/mol. The van der Waals surface area contributed by atoms with Gasteiger partial charge in [0, 0.05) is 48.1 Å². The van der Waals surface area contributed by atoms with Gasteiger partial charge in [-0.05, 0) is 108 Å². The number of phenolic OH excluding ortho intramolecular Hbond substituents is 1. The number of nitrogens with two attached hydrogens (primary N) is 4. The topological polar surface area (TPSA) is 134 Å². The van der Waals surface area contributed by atoms with E-state index >= 15 is 0 Å². The van der Waals surface area contributed by atoms with Crippen LogP contribution in [0.2, 0.25) is 20.1 Å². The average Bonchev–Trinajstić information content (AvgIpc) is 2.86. The highest BCUT2D eigenvalue weighted by Gasteiger charge is 2.03. The Morgan fingerprint density at radius 1 is 0.600 bits per heavy atom. The number of benzene rings is 4. The van der Waals surface area contributed by atoms with Crippen LogP contribution in [0.5, 0.6) is 11.5 Å². The summed E-state index contributed by atoms with van der Waals surface area (Å²) in [5, 5.41) is 11.7. The second kappa shape index (κ2) is 16.6. The molecule has 216 valence electrons. The van der Waals surface area contributed by atoms with Gasteiger partial charge in [-0.15, -0.1) is 0 Å². The summed E-state index contributed by atoms with van der Waals surface area (Å²) in [6, 6.07) is 15.7. The molecule has 0 saturated carbocycles. The van der Waals surface area contributed by atoms with E-state index in [9.17, 15) is 0 Å². The van der Waals surface area contributed by atoms with Crippen LogP contribution in [0, 0.1) is 27.7 Å². The molecule has 0 saturated heterocycles. The van der Waals surface area contributed by atoms with Crippen molar-refractivity contribution in [3.63, 3.8) is 0 Å². The number of methoxy groups -OCH3 is 1. The quantitative estimate of drug-likeness (QED) is 0.0998. The highest BCUT2D eigenvalue weighted by Crippen LogP contribution is 2.29. The summed E-state index contributed by atoms with van der Waals surface area (Å²) in [6.45, 7) is 7.54. The zero-order valence-electron chi connectivity index (χ0n) is 22.8. The zero-order chi connectivity index (χ0) is 30.7. The summed E-state index contributed by atoms with van der Waals surface area (Å²) in [6.07, 6.45) is 0. The molecule has 0 radical (unpaired) electrons. The summed E-state index contributed by atoms with van der Waals surface area (Å²) in [5.41, 5.74) is 28.6. The first-order chi connectivity index (χ1) is 18.6. The van der Waals surface area contributed by atoms with Crippen molar-refractivity contribution in [3.05, 3.63) is 101 Å². The SMILES string of the molecule is COc1cc(Cl)cc(C)c1N.Cc1cc(Cl)cc(Br)c1N.Cc1cc(Cl)cc(O)c1N.Cc1cc(Cl)ccc1N. The smallest absolute Gasteiger partial charge is 0.143 e.